The highest BCUT2D eigenvalue weighted by atomic mass is 16.3. The molecule has 0 amide bonds. The largest absolute Gasteiger partial charge is 0.466 e. The third-order valence-electron chi connectivity index (χ3n) is 3.63. The molecule has 0 bridgehead atoms. The predicted octanol–water partition coefficient (Wildman–Crippen LogP) is 1.41. The van der Waals surface area contributed by atoms with E-state index in [0.29, 0.717) is 0 Å². The van der Waals surface area contributed by atoms with E-state index in [-0.39, 0.29) is 0 Å². The van der Waals surface area contributed by atoms with Gasteiger partial charge in [-0.1, -0.05) is 0 Å². The van der Waals surface area contributed by atoms with E-state index >= 15 is 0 Å². The van der Waals surface area contributed by atoms with Crippen molar-refractivity contribution in [3.63, 3.8) is 0 Å². The number of nitrogens with one attached hydrogen (secondary N) is 2. The molecule has 1 aromatic rings. The van der Waals surface area contributed by atoms with Crippen LogP contribution < -0.4 is 10.6 Å². The predicted molar refractivity (Wildman–Crippen MR) is 78.6 cm³/mol. The molecule has 4 heteroatoms. The monoisotopic (exact) mass is 265 g/mol. The first-order valence-electron chi connectivity index (χ1n) is 7.54. The molecule has 2 rings (SSSR count). The molecular formula is C15H27N3O. The van der Waals surface area contributed by atoms with Crippen molar-refractivity contribution in [1.82, 2.24) is 15.5 Å². The lowest BCUT2D eigenvalue weighted by Crippen LogP contribution is -2.43. The van der Waals surface area contributed by atoms with Crippen LogP contribution >= 0.6 is 0 Å². The zero-order valence-corrected chi connectivity index (χ0v) is 12.1. The summed E-state index contributed by atoms with van der Waals surface area (Å²) in [4.78, 5) is 2.56. The molecule has 1 fully saturated rings. The van der Waals surface area contributed by atoms with Crippen LogP contribution in [0, 0.1) is 6.92 Å². The Hall–Kier alpha value is -0.840. The van der Waals surface area contributed by atoms with E-state index < -0.39 is 0 Å². The highest BCUT2D eigenvalue weighted by molar-refractivity contribution is 5.05. The normalized spacial score (nSPS) is 16.9. The Kier molecular flexibility index (Phi) is 6.41. The summed E-state index contributed by atoms with van der Waals surface area (Å²) in [7, 11) is 0. The number of aryl methyl sites for hydroxylation is 1. The van der Waals surface area contributed by atoms with Gasteiger partial charge in [0.1, 0.15) is 11.5 Å². The van der Waals surface area contributed by atoms with Gasteiger partial charge in [-0.05, 0) is 45.0 Å². The van der Waals surface area contributed by atoms with Crippen molar-refractivity contribution < 1.29 is 4.42 Å². The van der Waals surface area contributed by atoms with E-state index in [1.54, 1.807) is 0 Å². The molecule has 1 saturated heterocycles. The van der Waals surface area contributed by atoms with Crippen LogP contribution in [0.4, 0.5) is 0 Å². The van der Waals surface area contributed by atoms with Crippen LogP contribution in [-0.2, 0) is 6.42 Å². The van der Waals surface area contributed by atoms with Gasteiger partial charge >= 0.3 is 0 Å². The minimum absolute atomic E-state index is 0.992. The second-order valence-electron chi connectivity index (χ2n) is 5.31. The van der Waals surface area contributed by atoms with Crippen molar-refractivity contribution in [3.05, 3.63) is 23.7 Å². The molecule has 108 valence electrons. The summed E-state index contributed by atoms with van der Waals surface area (Å²) < 4.78 is 5.54. The molecular weight excluding hydrogens is 238 g/mol. The standard InChI is InChI=1S/C15H27N3O/c1-14-4-5-15(19-14)6-8-16-7-2-3-11-18-12-9-17-10-13-18/h4-5,16-17H,2-3,6-13H2,1H3. The van der Waals surface area contributed by atoms with Gasteiger partial charge in [0.25, 0.3) is 0 Å². The summed E-state index contributed by atoms with van der Waals surface area (Å²) in [6.45, 7) is 10.1. The molecule has 4 nitrogen and oxygen atoms in total. The summed E-state index contributed by atoms with van der Waals surface area (Å²) in [5.41, 5.74) is 0. The minimum atomic E-state index is 0.992. The Morgan fingerprint density at radius 1 is 1.21 bits per heavy atom. The summed E-state index contributed by atoms with van der Waals surface area (Å²) in [6.07, 6.45) is 3.56. The van der Waals surface area contributed by atoms with Crippen LogP contribution in [0.15, 0.2) is 16.5 Å². The van der Waals surface area contributed by atoms with Gasteiger partial charge in [-0.2, -0.15) is 0 Å². The number of hydrogen-bond donors (Lipinski definition) is 2. The molecule has 0 aromatic carbocycles. The van der Waals surface area contributed by atoms with E-state index in [0.717, 1.165) is 44.1 Å². The summed E-state index contributed by atoms with van der Waals surface area (Å²) in [5.74, 6) is 2.09. The first-order chi connectivity index (χ1) is 9.34. The average Bonchev–Trinajstić information content (AvgIpc) is 2.85. The van der Waals surface area contributed by atoms with Gasteiger partial charge in [-0.3, -0.25) is 0 Å². The molecule has 0 spiro atoms. The van der Waals surface area contributed by atoms with Crippen molar-refractivity contribution in [2.24, 2.45) is 0 Å². The van der Waals surface area contributed by atoms with Gasteiger partial charge in [-0.15, -0.1) is 0 Å². The van der Waals surface area contributed by atoms with Crippen LogP contribution in [0.2, 0.25) is 0 Å². The van der Waals surface area contributed by atoms with Crippen molar-refractivity contribution in [1.29, 1.82) is 0 Å². The molecule has 2 N–H and O–H groups in total. The van der Waals surface area contributed by atoms with Gasteiger partial charge in [0.2, 0.25) is 0 Å². The Balaban J connectivity index is 1.42. The average molecular weight is 265 g/mol. The molecule has 0 aliphatic carbocycles. The molecule has 0 saturated carbocycles. The minimum Gasteiger partial charge on any atom is -0.466 e. The molecule has 2 heterocycles. The van der Waals surface area contributed by atoms with E-state index in [1.165, 1.54) is 32.5 Å². The molecule has 1 aliphatic heterocycles. The first-order valence-corrected chi connectivity index (χ1v) is 7.54. The second kappa shape index (κ2) is 8.35. The lowest BCUT2D eigenvalue weighted by atomic mass is 10.2. The summed E-state index contributed by atoms with van der Waals surface area (Å²) in [6, 6.07) is 4.10. The summed E-state index contributed by atoms with van der Waals surface area (Å²) >= 11 is 0. The van der Waals surface area contributed by atoms with E-state index in [4.69, 9.17) is 4.42 Å². The lowest BCUT2D eigenvalue weighted by Gasteiger charge is -2.27. The molecule has 1 aromatic heterocycles. The van der Waals surface area contributed by atoms with Gasteiger partial charge in [0, 0.05) is 39.1 Å². The van der Waals surface area contributed by atoms with Crippen molar-refractivity contribution >= 4 is 0 Å². The zero-order valence-electron chi connectivity index (χ0n) is 12.1. The van der Waals surface area contributed by atoms with Crippen LogP contribution in [0.3, 0.4) is 0 Å². The van der Waals surface area contributed by atoms with Crippen molar-refractivity contribution in [2.75, 3.05) is 45.8 Å². The Labute approximate surface area is 116 Å². The number of unbranched alkanes of at least 4 members (excludes halogenated alkanes) is 1. The van der Waals surface area contributed by atoms with E-state index in [9.17, 15) is 0 Å². The first kappa shape index (κ1) is 14.6. The number of furan rings is 1. The molecule has 0 unspecified atom stereocenters. The quantitative estimate of drug-likeness (QED) is 0.697. The third kappa shape index (κ3) is 5.76. The van der Waals surface area contributed by atoms with Gasteiger partial charge in [0.15, 0.2) is 0 Å². The molecule has 19 heavy (non-hydrogen) atoms. The Morgan fingerprint density at radius 2 is 2.05 bits per heavy atom. The van der Waals surface area contributed by atoms with E-state index in [1.807, 2.05) is 13.0 Å². The second-order valence-corrected chi connectivity index (χ2v) is 5.31. The molecule has 1 aliphatic rings. The summed E-state index contributed by atoms with van der Waals surface area (Å²) in [5, 5.41) is 6.88. The zero-order chi connectivity index (χ0) is 13.3. The van der Waals surface area contributed by atoms with Gasteiger partial charge in [-0.25, -0.2) is 0 Å². The highest BCUT2D eigenvalue weighted by Gasteiger charge is 2.07. The third-order valence-corrected chi connectivity index (χ3v) is 3.63. The Bertz CT molecular complexity index is 345. The molecule has 0 atom stereocenters. The topological polar surface area (TPSA) is 40.4 Å². The maximum atomic E-state index is 5.54. The number of rotatable bonds is 8. The number of nitrogens with zero attached hydrogens (tertiary/aromatic N) is 1. The fraction of sp³-hybridized carbons (Fsp3) is 0.733. The fourth-order valence-electron chi connectivity index (χ4n) is 2.48. The number of piperazine rings is 1. The van der Waals surface area contributed by atoms with Crippen molar-refractivity contribution in [3.8, 4) is 0 Å². The van der Waals surface area contributed by atoms with Gasteiger partial charge in [0.05, 0.1) is 0 Å². The van der Waals surface area contributed by atoms with Crippen LogP contribution in [0.1, 0.15) is 24.4 Å². The van der Waals surface area contributed by atoms with E-state index in [2.05, 4.69) is 21.6 Å². The maximum Gasteiger partial charge on any atom is 0.105 e. The smallest absolute Gasteiger partial charge is 0.105 e. The van der Waals surface area contributed by atoms with Crippen LogP contribution in [0.5, 0.6) is 0 Å². The van der Waals surface area contributed by atoms with Crippen LogP contribution in [-0.4, -0.2) is 50.7 Å². The van der Waals surface area contributed by atoms with Crippen LogP contribution in [0.25, 0.3) is 0 Å². The maximum absolute atomic E-state index is 5.54. The number of hydrogen-bond acceptors (Lipinski definition) is 4. The fourth-order valence-corrected chi connectivity index (χ4v) is 2.48. The Morgan fingerprint density at radius 3 is 2.79 bits per heavy atom. The molecule has 0 radical (unpaired) electrons. The highest BCUT2D eigenvalue weighted by Crippen LogP contribution is 2.06. The lowest BCUT2D eigenvalue weighted by molar-refractivity contribution is 0.236. The van der Waals surface area contributed by atoms with Gasteiger partial charge < -0.3 is 20.0 Å². The van der Waals surface area contributed by atoms with Crippen molar-refractivity contribution in [2.45, 2.75) is 26.2 Å². The SMILES string of the molecule is Cc1ccc(CCNCCCCN2CCNCC2)o1.